The van der Waals surface area contributed by atoms with Crippen LogP contribution in [0.1, 0.15) is 14.5 Å². The van der Waals surface area contributed by atoms with E-state index in [2.05, 4.69) is 10.6 Å². The number of benzene rings is 1. The molecular weight excluding hydrogens is 292 g/mol. The summed E-state index contributed by atoms with van der Waals surface area (Å²) >= 11 is 2.96. The van der Waals surface area contributed by atoms with E-state index in [9.17, 15) is 9.59 Å². The van der Waals surface area contributed by atoms with Crippen molar-refractivity contribution in [3.63, 3.8) is 0 Å². The molecular formula is C14H12N2O2S2. The van der Waals surface area contributed by atoms with Crippen molar-refractivity contribution in [2.45, 2.75) is 11.8 Å². The van der Waals surface area contributed by atoms with Gasteiger partial charge in [0.25, 0.3) is 5.91 Å². The first-order valence-electron chi connectivity index (χ1n) is 6.06. The lowest BCUT2D eigenvalue weighted by Gasteiger charge is -2.17. The number of hydrogen-bond donors (Lipinski definition) is 2. The maximum absolute atomic E-state index is 12.1. The molecule has 6 heteroatoms. The Labute approximate surface area is 124 Å². The lowest BCUT2D eigenvalue weighted by Crippen LogP contribution is -2.19. The van der Waals surface area contributed by atoms with Crippen molar-refractivity contribution >= 4 is 46.3 Å². The second-order valence-electron chi connectivity index (χ2n) is 4.41. The normalized spacial score (nSPS) is 13.6. The summed E-state index contributed by atoms with van der Waals surface area (Å²) in [5, 5.41) is 5.66. The average Bonchev–Trinajstić information content (AvgIpc) is 2.85. The highest BCUT2D eigenvalue weighted by atomic mass is 32.2. The summed E-state index contributed by atoms with van der Waals surface area (Å²) in [7, 11) is 0. The van der Waals surface area contributed by atoms with Gasteiger partial charge in [0, 0.05) is 15.5 Å². The molecule has 2 heterocycles. The van der Waals surface area contributed by atoms with Gasteiger partial charge in [-0.1, -0.05) is 0 Å². The van der Waals surface area contributed by atoms with Crippen LogP contribution in [0.4, 0.5) is 11.4 Å². The zero-order chi connectivity index (χ0) is 14.1. The fourth-order valence-corrected chi connectivity index (χ4v) is 3.46. The molecule has 0 saturated heterocycles. The molecule has 3 rings (SSSR count). The molecule has 1 aromatic heterocycles. The first-order valence-corrected chi connectivity index (χ1v) is 7.86. The highest BCUT2D eigenvalue weighted by molar-refractivity contribution is 8.00. The Morgan fingerprint density at radius 2 is 2.15 bits per heavy atom. The minimum Gasteiger partial charge on any atom is -0.324 e. The number of nitrogens with one attached hydrogen (secondary N) is 2. The number of carbonyl (C=O) groups is 2. The molecule has 2 amide bonds. The fraction of sp³-hybridized carbons (Fsp3) is 0.143. The van der Waals surface area contributed by atoms with Crippen LogP contribution in [-0.4, -0.2) is 17.6 Å². The molecule has 0 saturated carbocycles. The molecule has 20 heavy (non-hydrogen) atoms. The van der Waals surface area contributed by atoms with Gasteiger partial charge in [0.2, 0.25) is 5.91 Å². The first-order chi connectivity index (χ1) is 9.61. The van der Waals surface area contributed by atoms with E-state index in [4.69, 9.17) is 0 Å². The second-order valence-corrected chi connectivity index (χ2v) is 6.72. The lowest BCUT2D eigenvalue weighted by molar-refractivity contribution is -0.113. The molecule has 0 spiro atoms. The van der Waals surface area contributed by atoms with E-state index in [1.807, 2.05) is 31.2 Å². The Morgan fingerprint density at radius 3 is 2.90 bits per heavy atom. The highest BCUT2D eigenvalue weighted by Gasteiger charge is 2.16. The van der Waals surface area contributed by atoms with Crippen molar-refractivity contribution in [2.24, 2.45) is 0 Å². The Balaban J connectivity index is 1.80. The molecule has 1 aliphatic rings. The number of amides is 2. The number of aryl methyl sites for hydroxylation is 1. The first kappa shape index (κ1) is 13.2. The molecule has 0 bridgehead atoms. The molecule has 0 radical (unpaired) electrons. The van der Waals surface area contributed by atoms with Crippen LogP contribution in [0.5, 0.6) is 0 Å². The maximum atomic E-state index is 12.1. The molecule has 1 aromatic carbocycles. The van der Waals surface area contributed by atoms with Gasteiger partial charge in [-0.2, -0.15) is 0 Å². The van der Waals surface area contributed by atoms with E-state index >= 15 is 0 Å². The smallest absolute Gasteiger partial charge is 0.265 e. The van der Waals surface area contributed by atoms with Crippen molar-refractivity contribution in [3.8, 4) is 0 Å². The highest BCUT2D eigenvalue weighted by Crippen LogP contribution is 2.33. The van der Waals surface area contributed by atoms with Crippen molar-refractivity contribution in [1.82, 2.24) is 0 Å². The zero-order valence-electron chi connectivity index (χ0n) is 10.7. The van der Waals surface area contributed by atoms with Crippen LogP contribution in [0.2, 0.25) is 0 Å². The monoisotopic (exact) mass is 304 g/mol. The Hall–Kier alpha value is -1.79. The largest absolute Gasteiger partial charge is 0.324 e. The van der Waals surface area contributed by atoms with Crippen molar-refractivity contribution < 1.29 is 9.59 Å². The summed E-state index contributed by atoms with van der Waals surface area (Å²) in [6, 6.07) is 9.28. The Kier molecular flexibility index (Phi) is 3.50. The molecule has 1 aliphatic heterocycles. The van der Waals surface area contributed by atoms with Crippen LogP contribution >= 0.6 is 23.1 Å². The van der Waals surface area contributed by atoms with Gasteiger partial charge >= 0.3 is 0 Å². The third-order valence-electron chi connectivity index (χ3n) is 2.83. The summed E-state index contributed by atoms with van der Waals surface area (Å²) < 4.78 is 0. The third-order valence-corrected chi connectivity index (χ3v) is 4.91. The quantitative estimate of drug-likeness (QED) is 0.894. The van der Waals surface area contributed by atoms with Crippen LogP contribution in [0.25, 0.3) is 0 Å². The van der Waals surface area contributed by atoms with E-state index in [1.54, 1.807) is 6.07 Å². The average molecular weight is 304 g/mol. The van der Waals surface area contributed by atoms with Gasteiger partial charge in [-0.3, -0.25) is 9.59 Å². The second kappa shape index (κ2) is 5.30. The molecule has 2 N–H and O–H groups in total. The van der Waals surface area contributed by atoms with Gasteiger partial charge in [0.1, 0.15) is 0 Å². The molecule has 2 aromatic rings. The Morgan fingerprint density at radius 1 is 1.30 bits per heavy atom. The van der Waals surface area contributed by atoms with Crippen LogP contribution < -0.4 is 10.6 Å². The molecule has 0 aliphatic carbocycles. The molecule has 4 nitrogen and oxygen atoms in total. The Bertz CT molecular complexity index is 694. The number of thiophene rings is 1. The van der Waals surface area contributed by atoms with Gasteiger partial charge in [0.15, 0.2) is 0 Å². The standard InChI is InChI=1S/C14H12N2O2S2/c1-8-2-4-12(20-8)14(18)15-9-3-5-11-10(6-9)16-13(17)7-19-11/h2-6H,7H2,1H3,(H,15,18)(H,16,17). The van der Waals surface area contributed by atoms with Gasteiger partial charge in [-0.15, -0.1) is 23.1 Å². The van der Waals surface area contributed by atoms with E-state index in [0.717, 1.165) is 15.5 Å². The topological polar surface area (TPSA) is 58.2 Å². The number of rotatable bonds is 2. The SMILES string of the molecule is Cc1ccc(C(=O)Nc2ccc3c(c2)NC(=O)CS3)s1. The number of hydrogen-bond acceptors (Lipinski definition) is 4. The molecule has 0 fully saturated rings. The van der Waals surface area contributed by atoms with E-state index in [1.165, 1.54) is 23.1 Å². The summed E-state index contributed by atoms with van der Waals surface area (Å²) in [6.45, 7) is 1.97. The van der Waals surface area contributed by atoms with E-state index in [0.29, 0.717) is 16.3 Å². The lowest BCUT2D eigenvalue weighted by atomic mass is 10.2. The van der Waals surface area contributed by atoms with Gasteiger partial charge < -0.3 is 10.6 Å². The van der Waals surface area contributed by atoms with Crippen molar-refractivity contribution in [1.29, 1.82) is 0 Å². The number of thioether (sulfide) groups is 1. The number of carbonyl (C=O) groups excluding carboxylic acids is 2. The number of fused-ring (bicyclic) bond motifs is 1. The van der Waals surface area contributed by atoms with Crippen molar-refractivity contribution in [2.75, 3.05) is 16.4 Å². The van der Waals surface area contributed by atoms with E-state index in [-0.39, 0.29) is 11.8 Å². The molecule has 0 atom stereocenters. The predicted molar refractivity (Wildman–Crippen MR) is 82.8 cm³/mol. The van der Waals surface area contributed by atoms with Gasteiger partial charge in [-0.25, -0.2) is 0 Å². The fourth-order valence-electron chi connectivity index (χ4n) is 1.91. The van der Waals surface area contributed by atoms with Crippen molar-refractivity contribution in [3.05, 3.63) is 40.1 Å². The molecule has 102 valence electrons. The number of anilines is 2. The van der Waals surface area contributed by atoms with Gasteiger partial charge in [-0.05, 0) is 37.3 Å². The van der Waals surface area contributed by atoms with Crippen LogP contribution in [0.15, 0.2) is 35.2 Å². The summed E-state index contributed by atoms with van der Waals surface area (Å²) in [6.07, 6.45) is 0. The minimum atomic E-state index is -0.127. The maximum Gasteiger partial charge on any atom is 0.265 e. The summed E-state index contributed by atoms with van der Waals surface area (Å²) in [4.78, 5) is 26.2. The zero-order valence-corrected chi connectivity index (χ0v) is 12.4. The predicted octanol–water partition coefficient (Wildman–Crippen LogP) is 3.35. The minimum absolute atomic E-state index is 0.0140. The summed E-state index contributed by atoms with van der Waals surface area (Å²) in [5.41, 5.74) is 1.44. The van der Waals surface area contributed by atoms with Crippen LogP contribution in [0.3, 0.4) is 0 Å². The van der Waals surface area contributed by atoms with Gasteiger partial charge in [0.05, 0.1) is 16.3 Å². The van der Waals surface area contributed by atoms with Crippen LogP contribution in [-0.2, 0) is 4.79 Å². The van der Waals surface area contributed by atoms with E-state index < -0.39 is 0 Å². The van der Waals surface area contributed by atoms with Crippen LogP contribution in [0, 0.1) is 6.92 Å². The molecule has 0 unspecified atom stereocenters. The third kappa shape index (κ3) is 2.71. The summed E-state index contributed by atoms with van der Waals surface area (Å²) in [5.74, 6) is 0.297.